The van der Waals surface area contributed by atoms with Crippen LogP contribution in [0.1, 0.15) is 25.8 Å². The van der Waals surface area contributed by atoms with E-state index in [-0.39, 0.29) is 18.1 Å². The molecule has 2 rings (SSSR count). The summed E-state index contributed by atoms with van der Waals surface area (Å²) in [7, 11) is -2.47. The van der Waals surface area contributed by atoms with Crippen molar-refractivity contribution in [1.29, 1.82) is 0 Å². The topological polar surface area (TPSA) is 96.0 Å². The lowest BCUT2D eigenvalue weighted by molar-refractivity contribution is -0.140. The van der Waals surface area contributed by atoms with Gasteiger partial charge in [-0.3, -0.25) is 13.9 Å². The molecule has 33 heavy (non-hydrogen) atoms. The number of nitrogens with zero attached hydrogens (tertiary/aromatic N) is 2. The van der Waals surface area contributed by atoms with E-state index in [0.29, 0.717) is 28.6 Å². The zero-order chi connectivity index (χ0) is 24.6. The molecule has 180 valence electrons. The summed E-state index contributed by atoms with van der Waals surface area (Å²) in [5, 5.41) is 2.72. The van der Waals surface area contributed by atoms with Crippen LogP contribution in [0.3, 0.4) is 0 Å². The van der Waals surface area contributed by atoms with Crippen molar-refractivity contribution in [3.8, 4) is 5.75 Å². The number of sulfonamides is 1. The predicted octanol–water partition coefficient (Wildman–Crippen LogP) is 2.54. The number of likely N-dealkylation sites (N-methyl/N-ethyl adjacent to an activating group) is 1. The molecule has 2 aromatic carbocycles. The van der Waals surface area contributed by atoms with Crippen molar-refractivity contribution in [2.75, 3.05) is 30.8 Å². The average molecular weight is 480 g/mol. The van der Waals surface area contributed by atoms with Crippen LogP contribution in [0.4, 0.5) is 10.1 Å². The fourth-order valence-electron chi connectivity index (χ4n) is 3.43. The summed E-state index contributed by atoms with van der Waals surface area (Å²) in [6.07, 6.45) is 1.21. The van der Waals surface area contributed by atoms with Crippen molar-refractivity contribution in [3.05, 3.63) is 59.9 Å². The zero-order valence-electron chi connectivity index (χ0n) is 19.2. The molecule has 0 fully saturated rings. The predicted molar refractivity (Wildman–Crippen MR) is 125 cm³/mol. The van der Waals surface area contributed by atoms with Gasteiger partial charge < -0.3 is 15.0 Å². The molecule has 2 amide bonds. The minimum absolute atomic E-state index is 0.0422. The first-order chi connectivity index (χ1) is 15.6. The molecule has 0 saturated heterocycles. The van der Waals surface area contributed by atoms with Crippen LogP contribution in [0, 0.1) is 5.82 Å². The maximum atomic E-state index is 14.4. The number of carbonyl (C=O) groups excluding carboxylic acids is 2. The van der Waals surface area contributed by atoms with E-state index in [1.807, 2.05) is 0 Å². The second-order valence-electron chi connectivity index (χ2n) is 7.41. The van der Waals surface area contributed by atoms with Crippen LogP contribution in [-0.2, 0) is 26.2 Å². The van der Waals surface area contributed by atoms with Gasteiger partial charge in [-0.2, -0.15) is 0 Å². The standard InChI is InChI=1S/C23H30FN3O5S/c1-5-20(23(29)25-6-2)26(15-17-10-9-11-18(14-17)32-3)22(28)16-27(33(4,30)31)21-13-8-7-12-19(21)24/h7-14,20H,5-6,15-16H2,1-4H3,(H,25,29). The number of halogens is 1. The van der Waals surface area contributed by atoms with Crippen LogP contribution in [0.2, 0.25) is 0 Å². The highest BCUT2D eigenvalue weighted by atomic mass is 32.2. The van der Waals surface area contributed by atoms with Crippen molar-refractivity contribution in [3.63, 3.8) is 0 Å². The number of carbonyl (C=O) groups is 2. The first-order valence-electron chi connectivity index (χ1n) is 10.5. The largest absolute Gasteiger partial charge is 0.497 e. The van der Waals surface area contributed by atoms with Gasteiger partial charge in [0.1, 0.15) is 24.2 Å². The summed E-state index contributed by atoms with van der Waals surface area (Å²) in [6.45, 7) is 3.29. The monoisotopic (exact) mass is 479 g/mol. The van der Waals surface area contributed by atoms with Gasteiger partial charge in [0.05, 0.1) is 19.1 Å². The van der Waals surface area contributed by atoms with E-state index in [1.54, 1.807) is 38.1 Å². The molecule has 0 aliphatic rings. The summed E-state index contributed by atoms with van der Waals surface area (Å²) in [5.74, 6) is -1.18. The minimum Gasteiger partial charge on any atom is -0.497 e. The van der Waals surface area contributed by atoms with E-state index >= 15 is 0 Å². The summed E-state index contributed by atoms with van der Waals surface area (Å²) in [4.78, 5) is 27.5. The molecule has 2 aromatic rings. The fraction of sp³-hybridized carbons (Fsp3) is 0.391. The summed E-state index contributed by atoms with van der Waals surface area (Å²) in [5.41, 5.74) is 0.461. The number of hydrogen-bond donors (Lipinski definition) is 1. The van der Waals surface area contributed by atoms with Gasteiger partial charge in [-0.15, -0.1) is 0 Å². The van der Waals surface area contributed by atoms with Crippen LogP contribution in [-0.4, -0.2) is 57.6 Å². The van der Waals surface area contributed by atoms with Gasteiger partial charge in [0.15, 0.2) is 0 Å². The molecular weight excluding hydrogens is 449 g/mol. The van der Waals surface area contributed by atoms with Crippen molar-refractivity contribution < 1.29 is 27.1 Å². The second kappa shape index (κ2) is 11.6. The van der Waals surface area contributed by atoms with Crippen LogP contribution in [0.5, 0.6) is 5.75 Å². The summed E-state index contributed by atoms with van der Waals surface area (Å²) >= 11 is 0. The van der Waals surface area contributed by atoms with Crippen LogP contribution >= 0.6 is 0 Å². The van der Waals surface area contributed by atoms with E-state index in [9.17, 15) is 22.4 Å². The Bertz CT molecular complexity index is 1080. The lowest BCUT2D eigenvalue weighted by Gasteiger charge is -2.32. The molecular formula is C23H30FN3O5S. The average Bonchev–Trinajstić information content (AvgIpc) is 2.77. The van der Waals surface area contributed by atoms with Crippen LogP contribution in [0.25, 0.3) is 0 Å². The van der Waals surface area contributed by atoms with E-state index in [1.165, 1.54) is 30.2 Å². The summed E-state index contributed by atoms with van der Waals surface area (Å²) < 4.78 is 45.3. The van der Waals surface area contributed by atoms with Gasteiger partial charge in [0.2, 0.25) is 21.8 Å². The number of anilines is 1. The third-order valence-electron chi connectivity index (χ3n) is 5.02. The van der Waals surface area contributed by atoms with Crippen molar-refractivity contribution in [2.45, 2.75) is 32.9 Å². The van der Waals surface area contributed by atoms with Gasteiger partial charge in [-0.1, -0.05) is 31.2 Å². The Hall–Kier alpha value is -3.14. The molecule has 1 N–H and O–H groups in total. The number of rotatable bonds is 11. The first-order valence-corrected chi connectivity index (χ1v) is 12.4. The lowest BCUT2D eigenvalue weighted by Crippen LogP contribution is -2.52. The molecule has 0 radical (unpaired) electrons. The smallest absolute Gasteiger partial charge is 0.244 e. The lowest BCUT2D eigenvalue weighted by atomic mass is 10.1. The van der Waals surface area contributed by atoms with Crippen molar-refractivity contribution >= 4 is 27.5 Å². The third kappa shape index (κ3) is 6.92. The highest BCUT2D eigenvalue weighted by molar-refractivity contribution is 7.92. The fourth-order valence-corrected chi connectivity index (χ4v) is 4.28. The number of para-hydroxylation sites is 1. The van der Waals surface area contributed by atoms with Crippen LogP contribution in [0.15, 0.2) is 48.5 Å². The molecule has 10 heteroatoms. The van der Waals surface area contributed by atoms with Gasteiger partial charge in [-0.25, -0.2) is 12.8 Å². The number of benzene rings is 2. The van der Waals surface area contributed by atoms with Gasteiger partial charge in [-0.05, 0) is 43.2 Å². The van der Waals surface area contributed by atoms with E-state index in [0.717, 1.165) is 12.3 Å². The van der Waals surface area contributed by atoms with Crippen molar-refractivity contribution in [1.82, 2.24) is 10.2 Å². The number of methoxy groups -OCH3 is 1. The SMILES string of the molecule is CCNC(=O)C(CC)N(Cc1cccc(OC)c1)C(=O)CN(c1ccccc1F)S(C)(=O)=O. The molecule has 0 aromatic heterocycles. The highest BCUT2D eigenvalue weighted by Crippen LogP contribution is 2.23. The maximum Gasteiger partial charge on any atom is 0.244 e. The van der Waals surface area contributed by atoms with Crippen LogP contribution < -0.4 is 14.4 Å². The normalized spacial score (nSPS) is 12.0. The Morgan fingerprint density at radius 1 is 1.12 bits per heavy atom. The molecule has 1 unspecified atom stereocenters. The number of hydrogen-bond acceptors (Lipinski definition) is 5. The Kier molecular flexibility index (Phi) is 9.22. The Morgan fingerprint density at radius 3 is 2.39 bits per heavy atom. The third-order valence-corrected chi connectivity index (χ3v) is 6.15. The minimum atomic E-state index is -3.99. The quantitative estimate of drug-likeness (QED) is 0.534. The van der Waals surface area contributed by atoms with E-state index in [4.69, 9.17) is 4.74 Å². The molecule has 0 aliphatic heterocycles. The number of ether oxygens (including phenoxy) is 1. The van der Waals surface area contributed by atoms with Gasteiger partial charge in [0.25, 0.3) is 0 Å². The first kappa shape index (κ1) is 26.1. The van der Waals surface area contributed by atoms with E-state index in [2.05, 4.69) is 5.32 Å². The molecule has 0 bridgehead atoms. The molecule has 1 atom stereocenters. The molecule has 8 nitrogen and oxygen atoms in total. The van der Waals surface area contributed by atoms with Crippen molar-refractivity contribution in [2.24, 2.45) is 0 Å². The molecule has 0 aliphatic carbocycles. The molecule has 0 spiro atoms. The van der Waals surface area contributed by atoms with Gasteiger partial charge in [0, 0.05) is 13.1 Å². The Labute approximate surface area is 194 Å². The Balaban J connectivity index is 2.46. The van der Waals surface area contributed by atoms with E-state index < -0.39 is 34.3 Å². The zero-order valence-corrected chi connectivity index (χ0v) is 20.1. The number of amides is 2. The number of nitrogens with one attached hydrogen (secondary N) is 1. The second-order valence-corrected chi connectivity index (χ2v) is 9.32. The summed E-state index contributed by atoms with van der Waals surface area (Å²) in [6, 6.07) is 11.5. The molecule has 0 saturated carbocycles. The highest BCUT2D eigenvalue weighted by Gasteiger charge is 2.32. The molecule has 0 heterocycles. The Morgan fingerprint density at radius 2 is 1.82 bits per heavy atom. The van der Waals surface area contributed by atoms with Gasteiger partial charge >= 0.3 is 0 Å². The maximum absolute atomic E-state index is 14.4.